The molecule has 7 nitrogen and oxygen atoms in total. The number of nitrogens with zero attached hydrogens (tertiary/aromatic N) is 1. The number of aliphatic hydroxyl groups excluding tert-OH is 1. The average molecular weight is 440 g/mol. The number of rotatable bonds is 6. The van der Waals surface area contributed by atoms with E-state index in [0.717, 1.165) is 5.56 Å². The molecule has 3 rings (SSSR count). The molecule has 32 heavy (non-hydrogen) atoms. The van der Waals surface area contributed by atoms with Gasteiger partial charge in [0.2, 0.25) is 5.75 Å². The summed E-state index contributed by atoms with van der Waals surface area (Å²) in [6.07, 6.45) is 0. The molecule has 0 saturated heterocycles. The lowest BCUT2D eigenvalue weighted by Crippen LogP contribution is -2.32. The van der Waals surface area contributed by atoms with Crippen molar-refractivity contribution in [3.05, 3.63) is 58.9 Å². The second kappa shape index (κ2) is 8.57. The molecule has 1 amide bonds. The van der Waals surface area contributed by atoms with Crippen LogP contribution in [0, 0.1) is 12.3 Å². The Balaban J connectivity index is 2.30. The molecule has 0 spiro atoms. The van der Waals surface area contributed by atoms with Gasteiger partial charge < -0.3 is 19.3 Å². The van der Waals surface area contributed by atoms with Crippen LogP contribution in [-0.4, -0.2) is 38.1 Å². The molecule has 2 aromatic carbocycles. The fraction of sp³-hybridized carbons (Fsp3) is 0.360. The molecule has 0 aromatic heterocycles. The smallest absolute Gasteiger partial charge is 0.294 e. The zero-order valence-corrected chi connectivity index (χ0v) is 19.5. The highest BCUT2D eigenvalue weighted by atomic mass is 16.5. The van der Waals surface area contributed by atoms with Crippen molar-refractivity contribution >= 4 is 17.4 Å². The van der Waals surface area contributed by atoms with Crippen molar-refractivity contribution in [2.75, 3.05) is 26.2 Å². The molecule has 2 aromatic rings. The van der Waals surface area contributed by atoms with Crippen molar-refractivity contribution in [1.82, 2.24) is 0 Å². The van der Waals surface area contributed by atoms with E-state index in [1.54, 1.807) is 45.0 Å². The van der Waals surface area contributed by atoms with Crippen molar-refractivity contribution in [2.24, 2.45) is 5.41 Å². The first-order valence-corrected chi connectivity index (χ1v) is 10.2. The number of ketones is 1. The van der Waals surface area contributed by atoms with E-state index in [9.17, 15) is 14.7 Å². The van der Waals surface area contributed by atoms with Gasteiger partial charge in [-0.3, -0.25) is 14.5 Å². The lowest BCUT2D eigenvalue weighted by molar-refractivity contribution is -0.123. The van der Waals surface area contributed by atoms with Crippen molar-refractivity contribution in [3.63, 3.8) is 0 Å². The summed E-state index contributed by atoms with van der Waals surface area (Å²) in [5.74, 6) is -0.359. The van der Waals surface area contributed by atoms with E-state index in [2.05, 4.69) is 0 Å². The van der Waals surface area contributed by atoms with Crippen molar-refractivity contribution in [3.8, 4) is 17.2 Å². The number of aryl methyl sites for hydroxylation is 1. The minimum absolute atomic E-state index is 0.0392. The SMILES string of the molecule is COc1cc(C2C(C(=O)C(C)(C)C)=C(O)C(=O)N2c2ccc(C)cc2)cc(OC)c1OC. The third kappa shape index (κ3) is 3.90. The number of hydrogen-bond acceptors (Lipinski definition) is 6. The van der Waals surface area contributed by atoms with Crippen LogP contribution < -0.4 is 19.1 Å². The fourth-order valence-electron chi connectivity index (χ4n) is 3.79. The molecule has 0 radical (unpaired) electrons. The predicted molar refractivity (Wildman–Crippen MR) is 122 cm³/mol. The standard InChI is InChI=1S/C25H29NO6/c1-14-8-10-16(11-9-14)26-20(19(21(27)24(26)29)23(28)25(2,3)4)15-12-17(30-5)22(32-7)18(13-15)31-6/h8-13,20,27H,1-7H3. The number of Topliss-reactive ketones (excluding diaryl/α,β-unsaturated/α-hetero) is 1. The van der Waals surface area contributed by atoms with Gasteiger partial charge in [0.1, 0.15) is 0 Å². The van der Waals surface area contributed by atoms with Gasteiger partial charge in [0, 0.05) is 11.1 Å². The summed E-state index contributed by atoms with van der Waals surface area (Å²) < 4.78 is 16.4. The zero-order valence-electron chi connectivity index (χ0n) is 19.5. The third-order valence-corrected chi connectivity index (χ3v) is 5.45. The quantitative estimate of drug-likeness (QED) is 0.712. The summed E-state index contributed by atoms with van der Waals surface area (Å²) in [7, 11) is 4.48. The topological polar surface area (TPSA) is 85.3 Å². The minimum atomic E-state index is -0.870. The Morgan fingerprint density at radius 3 is 1.94 bits per heavy atom. The molecule has 1 aliphatic rings. The van der Waals surface area contributed by atoms with Crippen LogP contribution in [0.2, 0.25) is 0 Å². The molecule has 0 bridgehead atoms. The number of methoxy groups -OCH3 is 3. The van der Waals surface area contributed by atoms with Crippen molar-refractivity contribution in [1.29, 1.82) is 0 Å². The van der Waals surface area contributed by atoms with Crippen LogP contribution in [0.25, 0.3) is 0 Å². The summed E-state index contributed by atoms with van der Waals surface area (Å²) >= 11 is 0. The minimum Gasteiger partial charge on any atom is -0.503 e. The van der Waals surface area contributed by atoms with E-state index in [-0.39, 0.29) is 11.4 Å². The van der Waals surface area contributed by atoms with Gasteiger partial charge in [0.05, 0.1) is 32.9 Å². The van der Waals surface area contributed by atoms with Gasteiger partial charge in [-0.2, -0.15) is 0 Å². The Labute approximate surface area is 188 Å². The number of benzene rings is 2. The summed E-state index contributed by atoms with van der Waals surface area (Å²) in [4.78, 5) is 28.0. The number of hydrogen-bond donors (Lipinski definition) is 1. The van der Waals surface area contributed by atoms with E-state index < -0.39 is 23.1 Å². The first kappa shape index (κ1) is 23.2. The van der Waals surface area contributed by atoms with Crippen LogP contribution in [0.3, 0.4) is 0 Å². The molecule has 170 valence electrons. The molecule has 0 aliphatic carbocycles. The molecule has 1 heterocycles. The van der Waals surface area contributed by atoms with Gasteiger partial charge in [-0.05, 0) is 36.8 Å². The number of carbonyl (C=O) groups excluding carboxylic acids is 2. The molecular formula is C25H29NO6. The Hall–Kier alpha value is -3.48. The van der Waals surface area contributed by atoms with Crippen LogP contribution in [0.1, 0.15) is 37.9 Å². The lowest BCUT2D eigenvalue weighted by atomic mass is 9.82. The summed E-state index contributed by atoms with van der Waals surface area (Å²) in [6, 6.07) is 9.83. The Kier molecular flexibility index (Phi) is 6.21. The number of amides is 1. The molecule has 1 atom stereocenters. The van der Waals surface area contributed by atoms with Gasteiger partial charge in [-0.25, -0.2) is 0 Å². The van der Waals surface area contributed by atoms with E-state index in [1.165, 1.54) is 26.2 Å². The number of anilines is 1. The van der Waals surface area contributed by atoms with Gasteiger partial charge in [-0.1, -0.05) is 38.5 Å². The van der Waals surface area contributed by atoms with Crippen LogP contribution in [0.15, 0.2) is 47.7 Å². The van der Waals surface area contributed by atoms with Crippen molar-refractivity contribution in [2.45, 2.75) is 33.7 Å². The van der Waals surface area contributed by atoms with Gasteiger partial charge in [0.25, 0.3) is 5.91 Å². The highest BCUT2D eigenvalue weighted by Gasteiger charge is 2.47. The van der Waals surface area contributed by atoms with Crippen LogP contribution >= 0.6 is 0 Å². The maximum Gasteiger partial charge on any atom is 0.294 e. The summed E-state index contributed by atoms with van der Waals surface area (Å²) in [5.41, 5.74) is 1.35. The van der Waals surface area contributed by atoms with Crippen LogP contribution in [0.5, 0.6) is 17.2 Å². The van der Waals surface area contributed by atoms with E-state index in [0.29, 0.717) is 28.5 Å². The average Bonchev–Trinajstić information content (AvgIpc) is 3.02. The number of ether oxygens (including phenoxy) is 3. The first-order chi connectivity index (χ1) is 15.0. The summed E-state index contributed by atoms with van der Waals surface area (Å²) in [6.45, 7) is 7.19. The molecule has 1 aliphatic heterocycles. The molecular weight excluding hydrogens is 410 g/mol. The lowest BCUT2D eigenvalue weighted by Gasteiger charge is -2.29. The Morgan fingerprint density at radius 1 is 0.969 bits per heavy atom. The zero-order chi connectivity index (χ0) is 23.8. The highest BCUT2D eigenvalue weighted by molar-refractivity contribution is 6.17. The number of aliphatic hydroxyl groups is 1. The molecule has 0 saturated carbocycles. The second-order valence-electron chi connectivity index (χ2n) is 8.71. The summed E-state index contributed by atoms with van der Waals surface area (Å²) in [5, 5.41) is 10.8. The maximum absolute atomic E-state index is 13.4. The van der Waals surface area contributed by atoms with Gasteiger partial charge in [-0.15, -0.1) is 0 Å². The second-order valence-corrected chi connectivity index (χ2v) is 8.71. The van der Waals surface area contributed by atoms with Gasteiger partial charge in [0.15, 0.2) is 23.0 Å². The fourth-order valence-corrected chi connectivity index (χ4v) is 3.79. The van der Waals surface area contributed by atoms with Crippen LogP contribution in [0.4, 0.5) is 5.69 Å². The highest BCUT2D eigenvalue weighted by Crippen LogP contribution is 2.47. The Morgan fingerprint density at radius 2 is 1.50 bits per heavy atom. The van der Waals surface area contributed by atoms with E-state index >= 15 is 0 Å². The largest absolute Gasteiger partial charge is 0.503 e. The first-order valence-electron chi connectivity index (χ1n) is 10.2. The number of carbonyl (C=O) groups is 2. The maximum atomic E-state index is 13.4. The molecule has 1 N–H and O–H groups in total. The Bertz CT molecular complexity index is 1050. The molecule has 7 heteroatoms. The van der Waals surface area contributed by atoms with Crippen LogP contribution in [-0.2, 0) is 9.59 Å². The molecule has 0 fully saturated rings. The van der Waals surface area contributed by atoms with Gasteiger partial charge >= 0.3 is 0 Å². The van der Waals surface area contributed by atoms with Crippen molar-refractivity contribution < 1.29 is 28.9 Å². The molecule has 1 unspecified atom stereocenters. The third-order valence-electron chi connectivity index (χ3n) is 5.45. The monoisotopic (exact) mass is 439 g/mol. The predicted octanol–water partition coefficient (Wildman–Crippen LogP) is 4.54. The normalized spacial score (nSPS) is 16.4. The van der Waals surface area contributed by atoms with E-state index in [1.807, 2.05) is 19.1 Å². The van der Waals surface area contributed by atoms with E-state index in [4.69, 9.17) is 14.2 Å².